The topological polar surface area (TPSA) is 125 Å². The van der Waals surface area contributed by atoms with Crippen molar-refractivity contribution in [1.29, 1.82) is 0 Å². The van der Waals surface area contributed by atoms with Crippen molar-refractivity contribution < 1.29 is 46.9 Å². The van der Waals surface area contributed by atoms with Crippen LogP contribution in [0.3, 0.4) is 0 Å². The molecule has 0 heterocycles. The lowest BCUT2D eigenvalue weighted by Gasteiger charge is -2.29. The van der Waals surface area contributed by atoms with Crippen molar-refractivity contribution in [3.63, 3.8) is 0 Å². The summed E-state index contributed by atoms with van der Waals surface area (Å²) in [6.45, 7) is -0.864. The lowest BCUT2D eigenvalue weighted by molar-refractivity contribution is -0.146. The highest BCUT2D eigenvalue weighted by molar-refractivity contribution is 7.53. The van der Waals surface area contributed by atoms with E-state index < -0.39 is 43.3 Å². The molecule has 0 saturated heterocycles. The first kappa shape index (κ1) is 19.4. The zero-order valence-electron chi connectivity index (χ0n) is 11.6. The van der Waals surface area contributed by atoms with Gasteiger partial charge in [-0.15, -0.1) is 0 Å². The molecule has 0 aromatic heterocycles. The number of halogens is 3. The number of rotatable bonds is 6. The SMILES string of the molecule is COC(=O)CNC(O)(Oc1cccc(C(F)(F)F)c1)P(=O)(O)O. The van der Waals surface area contributed by atoms with Crippen LogP contribution in [0.5, 0.6) is 5.75 Å². The van der Waals surface area contributed by atoms with Gasteiger partial charge in [0.15, 0.2) is 0 Å². The Hall–Kier alpha value is -1.65. The van der Waals surface area contributed by atoms with Crippen molar-refractivity contribution in [3.8, 4) is 5.75 Å². The third-order valence-electron chi connectivity index (χ3n) is 2.51. The van der Waals surface area contributed by atoms with Gasteiger partial charge in [-0.05, 0) is 18.2 Å². The molecule has 1 atom stereocenters. The fraction of sp³-hybridized carbons (Fsp3) is 0.364. The molecule has 130 valence electrons. The number of alkyl halides is 3. The summed E-state index contributed by atoms with van der Waals surface area (Å²) in [6, 6.07) is 2.99. The van der Waals surface area contributed by atoms with Crippen molar-refractivity contribution in [2.45, 2.75) is 11.8 Å². The molecule has 0 aliphatic rings. The molecule has 1 aromatic rings. The fourth-order valence-corrected chi connectivity index (χ4v) is 1.87. The molecule has 1 rings (SSSR count). The van der Waals surface area contributed by atoms with Crippen LogP contribution in [0, 0.1) is 0 Å². The lowest BCUT2D eigenvalue weighted by Crippen LogP contribution is -2.51. The summed E-state index contributed by atoms with van der Waals surface area (Å²) in [5.41, 5.74) is -4.57. The highest BCUT2D eigenvalue weighted by atomic mass is 31.2. The van der Waals surface area contributed by atoms with Gasteiger partial charge in [-0.3, -0.25) is 9.36 Å². The first-order valence-electron chi connectivity index (χ1n) is 5.85. The van der Waals surface area contributed by atoms with Crippen LogP contribution in [-0.4, -0.2) is 40.2 Å². The second-order valence-electron chi connectivity index (χ2n) is 4.21. The Morgan fingerprint density at radius 3 is 2.43 bits per heavy atom. The van der Waals surface area contributed by atoms with Gasteiger partial charge in [0.2, 0.25) is 0 Å². The van der Waals surface area contributed by atoms with Gasteiger partial charge in [-0.2, -0.15) is 13.2 Å². The summed E-state index contributed by atoms with van der Waals surface area (Å²) < 4.78 is 57.9. The standard InChI is InChI=1S/C11H13F3NO7P/c1-21-9(16)6-15-11(17,23(18,19)20)22-8-4-2-3-7(5-8)10(12,13)14/h2-5,15,17H,6H2,1H3,(H2,18,19,20). The third-order valence-corrected chi connectivity index (χ3v) is 3.55. The van der Waals surface area contributed by atoms with E-state index in [2.05, 4.69) is 9.47 Å². The summed E-state index contributed by atoms with van der Waals surface area (Å²) in [5, 5.41) is 11.6. The van der Waals surface area contributed by atoms with Crippen LogP contribution in [0.25, 0.3) is 0 Å². The van der Waals surface area contributed by atoms with Crippen LogP contribution in [0.15, 0.2) is 24.3 Å². The predicted octanol–water partition coefficient (Wildman–Crippen LogP) is 0.628. The van der Waals surface area contributed by atoms with Crippen LogP contribution in [0.4, 0.5) is 13.2 Å². The maximum atomic E-state index is 12.6. The third kappa shape index (κ3) is 5.19. The molecule has 0 aliphatic carbocycles. The molecule has 1 unspecified atom stereocenters. The first-order valence-corrected chi connectivity index (χ1v) is 7.46. The van der Waals surface area contributed by atoms with Crippen molar-refractivity contribution in [1.82, 2.24) is 5.32 Å². The Labute approximate surface area is 128 Å². The van der Waals surface area contributed by atoms with Gasteiger partial charge in [-0.1, -0.05) is 6.07 Å². The number of esters is 1. The van der Waals surface area contributed by atoms with Gasteiger partial charge in [0, 0.05) is 0 Å². The Morgan fingerprint density at radius 2 is 1.96 bits per heavy atom. The number of nitrogens with one attached hydrogen (secondary N) is 1. The Bertz CT molecular complexity index is 618. The average molecular weight is 359 g/mol. The summed E-state index contributed by atoms with van der Waals surface area (Å²) in [5.74, 6) is -1.67. The zero-order chi connectivity index (χ0) is 17.9. The van der Waals surface area contributed by atoms with E-state index in [0.29, 0.717) is 12.1 Å². The maximum Gasteiger partial charge on any atom is 0.416 e. The van der Waals surface area contributed by atoms with Crippen molar-refractivity contribution in [3.05, 3.63) is 29.8 Å². The van der Waals surface area contributed by atoms with Gasteiger partial charge < -0.3 is 24.4 Å². The van der Waals surface area contributed by atoms with Gasteiger partial charge in [0.1, 0.15) is 12.3 Å². The number of methoxy groups -OCH3 is 1. The minimum atomic E-state index is -5.44. The first-order chi connectivity index (χ1) is 10.4. The van der Waals surface area contributed by atoms with Gasteiger partial charge >= 0.3 is 25.4 Å². The minimum Gasteiger partial charge on any atom is -0.468 e. The molecule has 0 bridgehead atoms. The van der Waals surface area contributed by atoms with E-state index in [0.717, 1.165) is 19.2 Å². The van der Waals surface area contributed by atoms with Crippen LogP contribution in [0.1, 0.15) is 5.56 Å². The molecular weight excluding hydrogens is 346 g/mol. The quantitative estimate of drug-likeness (QED) is 0.331. The van der Waals surface area contributed by atoms with Crippen molar-refractivity contribution in [2.75, 3.05) is 13.7 Å². The lowest BCUT2D eigenvalue weighted by atomic mass is 10.2. The van der Waals surface area contributed by atoms with E-state index in [4.69, 9.17) is 9.79 Å². The fourth-order valence-electron chi connectivity index (χ4n) is 1.36. The van der Waals surface area contributed by atoms with Gasteiger partial charge in [0.05, 0.1) is 12.7 Å². The monoisotopic (exact) mass is 359 g/mol. The van der Waals surface area contributed by atoms with E-state index >= 15 is 0 Å². The highest BCUT2D eigenvalue weighted by Crippen LogP contribution is 2.48. The number of hydrogen-bond acceptors (Lipinski definition) is 6. The largest absolute Gasteiger partial charge is 0.468 e. The molecule has 4 N–H and O–H groups in total. The van der Waals surface area contributed by atoms with Crippen molar-refractivity contribution in [2.24, 2.45) is 0 Å². The normalized spacial score (nSPS) is 14.9. The molecule has 0 saturated carbocycles. The summed E-state index contributed by atoms with van der Waals surface area (Å²) in [7, 11) is -4.46. The van der Waals surface area contributed by atoms with Gasteiger partial charge in [-0.25, -0.2) is 5.32 Å². The number of ether oxygens (including phenoxy) is 2. The van der Waals surface area contributed by atoms with Crippen molar-refractivity contribution >= 4 is 13.6 Å². The molecule has 0 radical (unpaired) electrons. The highest BCUT2D eigenvalue weighted by Gasteiger charge is 2.49. The maximum absolute atomic E-state index is 12.6. The van der Waals surface area contributed by atoms with Crippen LogP contribution in [0.2, 0.25) is 0 Å². The van der Waals surface area contributed by atoms with Crippen LogP contribution < -0.4 is 10.1 Å². The summed E-state index contributed by atoms with van der Waals surface area (Å²) in [4.78, 5) is 29.2. The number of benzene rings is 1. The molecule has 0 spiro atoms. The molecule has 0 amide bonds. The molecule has 0 fully saturated rings. The van der Waals surface area contributed by atoms with E-state index in [-0.39, 0.29) is 0 Å². The molecular formula is C11H13F3NO7P. The van der Waals surface area contributed by atoms with Gasteiger partial charge in [0.25, 0.3) is 0 Å². The van der Waals surface area contributed by atoms with E-state index in [1.807, 2.05) is 0 Å². The number of carbonyl (C=O) groups excluding carboxylic acids is 1. The molecule has 23 heavy (non-hydrogen) atoms. The number of hydrogen-bond donors (Lipinski definition) is 4. The number of aliphatic hydroxyl groups is 1. The molecule has 0 aliphatic heterocycles. The van der Waals surface area contributed by atoms with E-state index in [9.17, 15) is 27.6 Å². The second kappa shape index (κ2) is 6.85. The zero-order valence-corrected chi connectivity index (χ0v) is 12.5. The average Bonchev–Trinajstić information content (AvgIpc) is 2.43. The smallest absolute Gasteiger partial charge is 0.416 e. The molecule has 12 heteroatoms. The Kier molecular flexibility index (Phi) is 5.78. The second-order valence-corrected chi connectivity index (χ2v) is 5.90. The summed E-state index contributed by atoms with van der Waals surface area (Å²) in [6.07, 6.45) is -4.72. The Balaban J connectivity index is 3.07. The van der Waals surface area contributed by atoms with Crippen LogP contribution in [-0.2, 0) is 20.3 Å². The molecule has 1 aromatic carbocycles. The predicted molar refractivity (Wildman–Crippen MR) is 69.1 cm³/mol. The Morgan fingerprint density at radius 1 is 1.35 bits per heavy atom. The minimum absolute atomic E-state index is 0.431. The molecule has 8 nitrogen and oxygen atoms in total. The van der Waals surface area contributed by atoms with Crippen LogP contribution >= 0.6 is 7.60 Å². The number of carbonyl (C=O) groups is 1. The summed E-state index contributed by atoms with van der Waals surface area (Å²) >= 11 is 0. The van der Waals surface area contributed by atoms with E-state index in [1.165, 1.54) is 0 Å². The van der Waals surface area contributed by atoms with E-state index in [1.54, 1.807) is 5.32 Å².